The van der Waals surface area contributed by atoms with Crippen LogP contribution in [0.25, 0.3) is 0 Å². The van der Waals surface area contributed by atoms with Gasteiger partial charge < -0.3 is 5.11 Å². The number of amides is 1. The first-order chi connectivity index (χ1) is 6.18. The van der Waals surface area contributed by atoms with Crippen molar-refractivity contribution < 1.29 is 14.7 Å². The van der Waals surface area contributed by atoms with E-state index in [1.165, 1.54) is 12.0 Å². The number of aliphatic hydroxyl groups excluding tert-OH is 1. The molecule has 0 fully saturated rings. The van der Waals surface area contributed by atoms with E-state index in [0.717, 1.165) is 25.7 Å². The van der Waals surface area contributed by atoms with Crippen molar-refractivity contribution in [2.24, 2.45) is 0 Å². The first kappa shape index (κ1) is 12.4. The van der Waals surface area contributed by atoms with Crippen LogP contribution in [-0.4, -0.2) is 36.3 Å². The smallest absolute Gasteiger partial charge is 0.242 e. The zero-order chi connectivity index (χ0) is 10.1. The summed E-state index contributed by atoms with van der Waals surface area (Å²) in [7, 11) is 1.61. The second kappa shape index (κ2) is 8.01. The predicted molar refractivity (Wildman–Crippen MR) is 49.9 cm³/mol. The molecule has 1 N–H and O–H groups in total. The highest BCUT2D eigenvalue weighted by atomic mass is 16.7. The van der Waals surface area contributed by atoms with Crippen LogP contribution in [0.4, 0.5) is 0 Å². The van der Waals surface area contributed by atoms with Gasteiger partial charge in [0.15, 0.2) is 0 Å². The molecule has 0 atom stereocenters. The molecule has 13 heavy (non-hydrogen) atoms. The summed E-state index contributed by atoms with van der Waals surface area (Å²) < 4.78 is 0. The van der Waals surface area contributed by atoms with Gasteiger partial charge in [0.1, 0.15) is 0 Å². The molecule has 0 aliphatic rings. The van der Waals surface area contributed by atoms with Crippen LogP contribution in [0.5, 0.6) is 0 Å². The zero-order valence-corrected chi connectivity index (χ0v) is 8.45. The molecule has 0 spiro atoms. The van der Waals surface area contributed by atoms with Crippen LogP contribution >= 0.6 is 0 Å². The molecule has 0 saturated carbocycles. The van der Waals surface area contributed by atoms with Gasteiger partial charge in [-0.3, -0.25) is 9.63 Å². The Balaban J connectivity index is 3.11. The van der Waals surface area contributed by atoms with Crippen molar-refractivity contribution >= 4 is 5.91 Å². The fourth-order valence-electron chi connectivity index (χ4n) is 0.860. The first-order valence-electron chi connectivity index (χ1n) is 4.66. The van der Waals surface area contributed by atoms with E-state index in [0.29, 0.717) is 6.61 Å². The molecule has 0 aromatic carbocycles. The number of nitrogens with zero attached hydrogens (tertiary/aromatic N) is 1. The Morgan fingerprint density at radius 3 is 2.46 bits per heavy atom. The lowest BCUT2D eigenvalue weighted by Gasteiger charge is -2.13. The third-order valence-electron chi connectivity index (χ3n) is 1.78. The van der Waals surface area contributed by atoms with Gasteiger partial charge in [-0.25, -0.2) is 5.06 Å². The van der Waals surface area contributed by atoms with Gasteiger partial charge in [-0.2, -0.15) is 0 Å². The van der Waals surface area contributed by atoms with Crippen molar-refractivity contribution in [3.8, 4) is 0 Å². The first-order valence-corrected chi connectivity index (χ1v) is 4.66. The van der Waals surface area contributed by atoms with E-state index < -0.39 is 0 Å². The largest absolute Gasteiger partial charge is 0.396 e. The third kappa shape index (κ3) is 7.74. The molecule has 0 radical (unpaired) electrons. The molecule has 0 aliphatic carbocycles. The quantitative estimate of drug-likeness (QED) is 0.479. The molecule has 0 bridgehead atoms. The van der Waals surface area contributed by atoms with Gasteiger partial charge in [0.2, 0.25) is 5.91 Å². The maximum absolute atomic E-state index is 10.7. The predicted octanol–water partition coefficient (Wildman–Crippen LogP) is 0.949. The number of aliphatic hydroxyl groups is 1. The fraction of sp³-hybridized carbons (Fsp3) is 0.889. The van der Waals surface area contributed by atoms with E-state index in [9.17, 15) is 4.79 Å². The second-order valence-corrected chi connectivity index (χ2v) is 2.99. The van der Waals surface area contributed by atoms with Crippen LogP contribution in [0.1, 0.15) is 32.6 Å². The Bertz CT molecular complexity index is 139. The Hall–Kier alpha value is -0.610. The van der Waals surface area contributed by atoms with E-state index in [1.54, 1.807) is 7.05 Å². The van der Waals surface area contributed by atoms with Crippen molar-refractivity contribution in [1.82, 2.24) is 5.06 Å². The number of rotatable bonds is 7. The van der Waals surface area contributed by atoms with E-state index in [2.05, 4.69) is 0 Å². The summed E-state index contributed by atoms with van der Waals surface area (Å²) >= 11 is 0. The molecule has 1 amide bonds. The molecule has 0 saturated heterocycles. The zero-order valence-electron chi connectivity index (χ0n) is 8.45. The average molecular weight is 189 g/mol. The number of carbonyl (C=O) groups excluding carboxylic acids is 1. The molecule has 0 aromatic rings. The number of carbonyl (C=O) groups is 1. The van der Waals surface area contributed by atoms with Gasteiger partial charge in [-0.15, -0.1) is 0 Å². The number of unbranched alkanes of at least 4 members (excludes halogenated alkanes) is 3. The summed E-state index contributed by atoms with van der Waals surface area (Å²) in [6.45, 7) is 2.29. The normalized spacial score (nSPS) is 10.1. The fourth-order valence-corrected chi connectivity index (χ4v) is 0.860. The lowest BCUT2D eigenvalue weighted by molar-refractivity contribution is -0.176. The van der Waals surface area contributed by atoms with E-state index in [4.69, 9.17) is 9.94 Å². The maximum atomic E-state index is 10.7. The topological polar surface area (TPSA) is 49.8 Å². The molecule has 78 valence electrons. The van der Waals surface area contributed by atoms with Gasteiger partial charge in [0, 0.05) is 20.6 Å². The van der Waals surface area contributed by atoms with Crippen molar-refractivity contribution in [2.75, 3.05) is 20.3 Å². The summed E-state index contributed by atoms with van der Waals surface area (Å²) in [6.07, 6.45) is 3.83. The molecular formula is C9H19NO3. The highest BCUT2D eigenvalue weighted by Crippen LogP contribution is 2.00. The Morgan fingerprint density at radius 1 is 1.31 bits per heavy atom. The summed E-state index contributed by atoms with van der Waals surface area (Å²) in [5.74, 6) is -0.0876. The highest BCUT2D eigenvalue weighted by molar-refractivity contribution is 5.71. The van der Waals surface area contributed by atoms with Crippen molar-refractivity contribution in [1.29, 1.82) is 0 Å². The molecule has 0 unspecified atom stereocenters. The Labute approximate surface area is 79.4 Å². The molecular weight excluding hydrogens is 170 g/mol. The molecule has 0 aromatic heterocycles. The molecule has 0 heterocycles. The minimum atomic E-state index is -0.0876. The second-order valence-electron chi connectivity index (χ2n) is 2.99. The van der Waals surface area contributed by atoms with Crippen LogP contribution in [0, 0.1) is 0 Å². The maximum Gasteiger partial charge on any atom is 0.242 e. The van der Waals surface area contributed by atoms with E-state index >= 15 is 0 Å². The van der Waals surface area contributed by atoms with Gasteiger partial charge >= 0.3 is 0 Å². The van der Waals surface area contributed by atoms with Crippen LogP contribution in [0.3, 0.4) is 0 Å². The number of hydrogen-bond donors (Lipinski definition) is 1. The lowest BCUT2D eigenvalue weighted by atomic mass is 10.2. The highest BCUT2D eigenvalue weighted by Gasteiger charge is 2.00. The van der Waals surface area contributed by atoms with Crippen molar-refractivity contribution in [3.63, 3.8) is 0 Å². The number of hydroxylamine groups is 2. The average Bonchev–Trinajstić information content (AvgIpc) is 2.10. The minimum absolute atomic E-state index is 0.0876. The van der Waals surface area contributed by atoms with Gasteiger partial charge in [-0.05, 0) is 12.8 Å². The summed E-state index contributed by atoms with van der Waals surface area (Å²) in [6, 6.07) is 0. The Morgan fingerprint density at radius 2 is 1.92 bits per heavy atom. The number of hydrogen-bond acceptors (Lipinski definition) is 3. The van der Waals surface area contributed by atoms with Crippen molar-refractivity contribution in [3.05, 3.63) is 0 Å². The van der Waals surface area contributed by atoms with Crippen LogP contribution in [0.15, 0.2) is 0 Å². The van der Waals surface area contributed by atoms with Gasteiger partial charge in [0.05, 0.1) is 6.61 Å². The van der Waals surface area contributed by atoms with Gasteiger partial charge in [0.25, 0.3) is 0 Å². The SMILES string of the molecule is CC(=O)N(C)OCCCCCCO. The van der Waals surface area contributed by atoms with Gasteiger partial charge in [-0.1, -0.05) is 12.8 Å². The molecule has 0 aliphatic heterocycles. The summed E-state index contributed by atoms with van der Waals surface area (Å²) in [5.41, 5.74) is 0. The van der Waals surface area contributed by atoms with Crippen LogP contribution in [0.2, 0.25) is 0 Å². The Kier molecular flexibility index (Phi) is 7.63. The molecule has 4 nitrogen and oxygen atoms in total. The van der Waals surface area contributed by atoms with E-state index in [-0.39, 0.29) is 12.5 Å². The standard InChI is InChI=1S/C9H19NO3/c1-9(12)10(2)13-8-6-4-3-5-7-11/h11H,3-8H2,1-2H3. The van der Waals surface area contributed by atoms with Crippen LogP contribution in [-0.2, 0) is 9.63 Å². The summed E-state index contributed by atoms with van der Waals surface area (Å²) in [4.78, 5) is 15.8. The monoisotopic (exact) mass is 189 g/mol. The minimum Gasteiger partial charge on any atom is -0.396 e. The molecule has 4 heteroatoms. The van der Waals surface area contributed by atoms with Crippen molar-refractivity contribution in [2.45, 2.75) is 32.6 Å². The van der Waals surface area contributed by atoms with E-state index in [1.807, 2.05) is 0 Å². The third-order valence-corrected chi connectivity index (χ3v) is 1.78. The lowest BCUT2D eigenvalue weighted by Crippen LogP contribution is -2.24. The molecule has 0 rings (SSSR count). The summed E-state index contributed by atoms with van der Waals surface area (Å²) in [5, 5.41) is 9.74. The van der Waals surface area contributed by atoms with Crippen LogP contribution < -0.4 is 0 Å².